The van der Waals surface area contributed by atoms with Crippen LogP contribution in [0.15, 0.2) is 30.3 Å². The zero-order chi connectivity index (χ0) is 23.1. The van der Waals surface area contributed by atoms with Crippen molar-refractivity contribution in [2.24, 2.45) is 22.5 Å². The van der Waals surface area contributed by atoms with Crippen molar-refractivity contribution < 1.29 is 19.4 Å². The maximum Gasteiger partial charge on any atom is 0.405 e. The fourth-order valence-electron chi connectivity index (χ4n) is 5.54. The smallest absolute Gasteiger partial charge is 0.405 e. The number of likely N-dealkylation sites (tertiary alicyclic amines) is 1. The van der Waals surface area contributed by atoms with Gasteiger partial charge in [-0.05, 0) is 37.2 Å². The van der Waals surface area contributed by atoms with E-state index in [4.69, 9.17) is 10.5 Å². The Hall–Kier alpha value is -2.08. The molecule has 172 valence electrons. The first-order valence-corrected chi connectivity index (χ1v) is 11.4. The first-order chi connectivity index (χ1) is 14.4. The molecule has 2 amide bonds. The molecule has 1 aromatic carbocycles. The Labute approximate surface area is 186 Å². The predicted octanol–water partition coefficient (Wildman–Crippen LogP) is 4.20. The average Bonchev–Trinajstić information content (AvgIpc) is 3.10. The zero-order valence-corrected chi connectivity index (χ0v) is 19.6. The molecule has 1 aliphatic heterocycles. The van der Waals surface area contributed by atoms with Crippen molar-refractivity contribution in [1.82, 2.24) is 4.90 Å². The Balaban J connectivity index is 1.81. The molecule has 6 nitrogen and oxygen atoms in total. The van der Waals surface area contributed by atoms with E-state index in [9.17, 15) is 14.7 Å². The lowest BCUT2D eigenvalue weighted by atomic mass is 9.68. The van der Waals surface area contributed by atoms with Crippen LogP contribution in [-0.4, -0.2) is 40.7 Å². The van der Waals surface area contributed by atoms with E-state index < -0.39 is 22.7 Å². The second kappa shape index (κ2) is 8.12. The summed E-state index contributed by atoms with van der Waals surface area (Å²) in [7, 11) is 0. The van der Waals surface area contributed by atoms with Crippen molar-refractivity contribution in [2.45, 2.75) is 77.9 Å². The van der Waals surface area contributed by atoms with Gasteiger partial charge in [-0.15, -0.1) is 0 Å². The van der Waals surface area contributed by atoms with Crippen LogP contribution < -0.4 is 5.73 Å². The molecule has 0 bridgehead atoms. The Morgan fingerprint density at radius 1 is 1.06 bits per heavy atom. The third-order valence-corrected chi connectivity index (χ3v) is 7.96. The van der Waals surface area contributed by atoms with Gasteiger partial charge in [-0.3, -0.25) is 4.79 Å². The Morgan fingerprint density at radius 2 is 1.65 bits per heavy atom. The minimum absolute atomic E-state index is 0.0932. The van der Waals surface area contributed by atoms with Crippen LogP contribution in [0.1, 0.15) is 72.3 Å². The molecular weight excluding hydrogens is 392 g/mol. The van der Waals surface area contributed by atoms with E-state index in [1.807, 2.05) is 56.0 Å². The largest absolute Gasteiger partial charge is 0.443 e. The van der Waals surface area contributed by atoms with Crippen molar-refractivity contribution in [1.29, 1.82) is 0 Å². The summed E-state index contributed by atoms with van der Waals surface area (Å²) in [5, 5.41) is 11.2. The SMILES string of the molecule is CC(C)[C@]1(C(=O)N2CCC(O)(c3ccccc3)CC2)CC[C@](OC(N)=O)(C(C)(C)C)C1. The summed E-state index contributed by atoms with van der Waals surface area (Å²) in [6.07, 6.45) is 1.99. The monoisotopic (exact) mass is 430 g/mol. The first kappa shape index (κ1) is 23.6. The summed E-state index contributed by atoms with van der Waals surface area (Å²) >= 11 is 0. The molecule has 1 aliphatic carbocycles. The number of nitrogens with two attached hydrogens (primary N) is 1. The van der Waals surface area contributed by atoms with Gasteiger partial charge in [-0.2, -0.15) is 0 Å². The summed E-state index contributed by atoms with van der Waals surface area (Å²) in [6, 6.07) is 9.70. The molecule has 1 saturated heterocycles. The van der Waals surface area contributed by atoms with E-state index in [0.29, 0.717) is 45.2 Å². The molecule has 0 unspecified atom stereocenters. The number of hydrogen-bond acceptors (Lipinski definition) is 4. The number of rotatable bonds is 4. The number of benzene rings is 1. The summed E-state index contributed by atoms with van der Waals surface area (Å²) in [4.78, 5) is 27.5. The fourth-order valence-corrected chi connectivity index (χ4v) is 5.54. The van der Waals surface area contributed by atoms with Gasteiger partial charge < -0.3 is 20.5 Å². The van der Waals surface area contributed by atoms with E-state index in [1.54, 1.807) is 0 Å². The number of primary amides is 1. The summed E-state index contributed by atoms with van der Waals surface area (Å²) < 4.78 is 5.73. The van der Waals surface area contributed by atoms with Crippen LogP contribution in [0.2, 0.25) is 0 Å². The van der Waals surface area contributed by atoms with Crippen molar-refractivity contribution in [3.05, 3.63) is 35.9 Å². The van der Waals surface area contributed by atoms with Gasteiger partial charge >= 0.3 is 6.09 Å². The van der Waals surface area contributed by atoms with Crippen LogP contribution in [-0.2, 0) is 15.1 Å². The summed E-state index contributed by atoms with van der Waals surface area (Å²) in [5.41, 5.74) is 3.73. The Morgan fingerprint density at radius 3 is 2.13 bits per heavy atom. The maximum absolute atomic E-state index is 13.9. The average molecular weight is 431 g/mol. The quantitative estimate of drug-likeness (QED) is 0.749. The van der Waals surface area contributed by atoms with Gasteiger partial charge in [0, 0.05) is 24.9 Å². The molecule has 2 atom stereocenters. The number of ether oxygens (including phenoxy) is 1. The van der Waals surface area contributed by atoms with Crippen molar-refractivity contribution in [2.75, 3.05) is 13.1 Å². The highest BCUT2D eigenvalue weighted by atomic mass is 16.6. The van der Waals surface area contributed by atoms with E-state index in [1.165, 1.54) is 0 Å². The fraction of sp³-hybridized carbons (Fsp3) is 0.680. The van der Waals surface area contributed by atoms with Crippen LogP contribution in [0.25, 0.3) is 0 Å². The lowest BCUT2D eigenvalue weighted by Crippen LogP contribution is -2.53. The van der Waals surface area contributed by atoms with Crippen LogP contribution in [0.3, 0.4) is 0 Å². The molecular formula is C25H38N2O4. The Kier molecular flexibility index (Phi) is 6.18. The molecule has 31 heavy (non-hydrogen) atoms. The van der Waals surface area contributed by atoms with E-state index in [0.717, 1.165) is 5.56 Å². The molecule has 3 rings (SSSR count). The second-order valence-corrected chi connectivity index (χ2v) is 10.8. The molecule has 3 N–H and O–H groups in total. The van der Waals surface area contributed by atoms with Gasteiger partial charge in [-0.25, -0.2) is 4.79 Å². The number of aliphatic hydroxyl groups is 1. The van der Waals surface area contributed by atoms with Gasteiger partial charge in [0.2, 0.25) is 5.91 Å². The zero-order valence-electron chi connectivity index (χ0n) is 19.6. The standard InChI is InChI=1S/C25H38N2O4/c1-18(2)23(11-12-25(17-23,22(3,4)5)31-21(26)29)20(28)27-15-13-24(30,14-16-27)19-9-7-6-8-10-19/h6-10,18,30H,11-17H2,1-5H3,(H2,26,29)/t23-,25+/m0/s1. The van der Waals surface area contributed by atoms with E-state index in [2.05, 4.69) is 13.8 Å². The highest BCUT2D eigenvalue weighted by Gasteiger charge is 2.61. The van der Waals surface area contributed by atoms with E-state index >= 15 is 0 Å². The van der Waals surface area contributed by atoms with Crippen molar-refractivity contribution >= 4 is 12.0 Å². The molecule has 0 radical (unpaired) electrons. The van der Waals surface area contributed by atoms with Crippen molar-refractivity contribution in [3.8, 4) is 0 Å². The number of carbonyl (C=O) groups excluding carboxylic acids is 2. The second-order valence-electron chi connectivity index (χ2n) is 10.8. The Bertz CT molecular complexity index is 809. The molecule has 1 saturated carbocycles. The molecule has 0 spiro atoms. The maximum atomic E-state index is 13.9. The predicted molar refractivity (Wildman–Crippen MR) is 120 cm³/mol. The highest BCUT2D eigenvalue weighted by Crippen LogP contribution is 2.57. The molecule has 1 aromatic rings. The normalized spacial score (nSPS) is 28.5. The summed E-state index contributed by atoms with van der Waals surface area (Å²) in [6.45, 7) is 11.3. The minimum atomic E-state index is -0.900. The van der Waals surface area contributed by atoms with Gasteiger partial charge in [0.1, 0.15) is 5.60 Å². The third kappa shape index (κ3) is 4.19. The minimum Gasteiger partial charge on any atom is -0.443 e. The van der Waals surface area contributed by atoms with Gasteiger partial charge in [0.05, 0.1) is 11.0 Å². The topological polar surface area (TPSA) is 92.9 Å². The van der Waals surface area contributed by atoms with Crippen molar-refractivity contribution in [3.63, 3.8) is 0 Å². The summed E-state index contributed by atoms with van der Waals surface area (Å²) in [5.74, 6) is 0.201. The van der Waals surface area contributed by atoms with Crippen LogP contribution in [0.4, 0.5) is 4.79 Å². The lowest BCUT2D eigenvalue weighted by molar-refractivity contribution is -0.152. The highest BCUT2D eigenvalue weighted by molar-refractivity contribution is 5.84. The molecule has 2 fully saturated rings. The van der Waals surface area contributed by atoms with Gasteiger partial charge in [0.15, 0.2) is 0 Å². The number of amides is 2. The van der Waals surface area contributed by atoms with Crippen LogP contribution in [0.5, 0.6) is 0 Å². The number of nitrogens with zero attached hydrogens (tertiary/aromatic N) is 1. The molecule has 1 heterocycles. The first-order valence-electron chi connectivity index (χ1n) is 11.4. The third-order valence-electron chi connectivity index (χ3n) is 7.96. The molecule has 6 heteroatoms. The van der Waals surface area contributed by atoms with Gasteiger partial charge in [0.25, 0.3) is 0 Å². The molecule has 0 aromatic heterocycles. The number of piperidine rings is 1. The number of carbonyl (C=O) groups is 2. The lowest BCUT2D eigenvalue weighted by Gasteiger charge is -2.45. The van der Waals surface area contributed by atoms with E-state index in [-0.39, 0.29) is 17.2 Å². The molecule has 2 aliphatic rings. The van der Waals surface area contributed by atoms with Crippen LogP contribution >= 0.6 is 0 Å². The van der Waals surface area contributed by atoms with Gasteiger partial charge in [-0.1, -0.05) is 65.0 Å². The van der Waals surface area contributed by atoms with Crippen LogP contribution in [0, 0.1) is 16.7 Å². The number of hydrogen-bond donors (Lipinski definition) is 2.